The van der Waals surface area contributed by atoms with Gasteiger partial charge in [-0.15, -0.1) is 0 Å². The van der Waals surface area contributed by atoms with Crippen molar-refractivity contribution < 1.29 is 14.4 Å². The monoisotopic (exact) mass is 300 g/mol. The van der Waals surface area contributed by atoms with Crippen molar-refractivity contribution in [3.8, 4) is 0 Å². The van der Waals surface area contributed by atoms with Gasteiger partial charge in [0, 0.05) is 37.0 Å². The summed E-state index contributed by atoms with van der Waals surface area (Å²) in [4.78, 5) is 37.2. The molecule has 22 heavy (non-hydrogen) atoms. The highest BCUT2D eigenvalue weighted by Gasteiger charge is 2.60. The van der Waals surface area contributed by atoms with Gasteiger partial charge in [-0.3, -0.25) is 14.4 Å². The highest BCUT2D eigenvalue weighted by Crippen LogP contribution is 2.60. The van der Waals surface area contributed by atoms with Gasteiger partial charge >= 0.3 is 0 Å². The third-order valence-corrected chi connectivity index (χ3v) is 7.12. The summed E-state index contributed by atoms with van der Waals surface area (Å²) in [5.74, 6) is 2.07. The molecular formula is C19H24O3. The van der Waals surface area contributed by atoms with Gasteiger partial charge in [-0.05, 0) is 43.4 Å². The second-order valence-corrected chi connectivity index (χ2v) is 7.79. The van der Waals surface area contributed by atoms with E-state index in [1.807, 2.05) is 0 Å². The number of carbonyl (C=O) groups excluding carboxylic acids is 3. The Hall–Kier alpha value is -1.25. The van der Waals surface area contributed by atoms with Gasteiger partial charge in [-0.25, -0.2) is 0 Å². The third-order valence-electron chi connectivity index (χ3n) is 7.12. The molecule has 0 radical (unpaired) electrons. The Balaban J connectivity index is 1.72. The number of allylic oxidation sites excluding steroid dienone is 2. The lowest BCUT2D eigenvalue weighted by Gasteiger charge is -2.51. The molecule has 0 bridgehead atoms. The van der Waals surface area contributed by atoms with E-state index in [0.717, 1.165) is 25.7 Å². The zero-order chi connectivity index (χ0) is 15.5. The van der Waals surface area contributed by atoms with E-state index in [1.54, 1.807) is 0 Å². The van der Waals surface area contributed by atoms with Crippen LogP contribution in [0.2, 0.25) is 0 Å². The van der Waals surface area contributed by atoms with Crippen LogP contribution in [-0.4, -0.2) is 17.3 Å². The number of fused-ring (bicyclic) bond motifs is 5. The maximum atomic E-state index is 13.0. The fraction of sp³-hybridized carbons (Fsp3) is 0.737. The Labute approximate surface area is 131 Å². The molecule has 4 rings (SSSR count). The number of ketones is 3. The van der Waals surface area contributed by atoms with E-state index in [-0.39, 0.29) is 17.3 Å². The smallest absolute Gasteiger partial charge is 0.139 e. The highest BCUT2D eigenvalue weighted by molar-refractivity contribution is 5.96. The molecule has 0 aliphatic heterocycles. The summed E-state index contributed by atoms with van der Waals surface area (Å²) in [5, 5.41) is 0. The Morgan fingerprint density at radius 2 is 2.00 bits per heavy atom. The summed E-state index contributed by atoms with van der Waals surface area (Å²) in [6.45, 7) is 2.08. The van der Waals surface area contributed by atoms with E-state index in [1.165, 1.54) is 5.57 Å². The number of Topliss-reactive ketones (excluding diaryl/α,β-unsaturated/α-hetero) is 3. The van der Waals surface area contributed by atoms with Crippen molar-refractivity contribution in [1.29, 1.82) is 0 Å². The molecular weight excluding hydrogens is 276 g/mol. The summed E-state index contributed by atoms with van der Waals surface area (Å²) in [6.07, 6.45) is 8.07. The zero-order valence-electron chi connectivity index (χ0n) is 13.3. The van der Waals surface area contributed by atoms with Crippen LogP contribution in [0.4, 0.5) is 0 Å². The largest absolute Gasteiger partial charge is 0.299 e. The summed E-state index contributed by atoms with van der Waals surface area (Å²) >= 11 is 0. The number of hydrogen-bond acceptors (Lipinski definition) is 3. The normalized spacial score (nSPS) is 44.2. The molecule has 0 amide bonds. The van der Waals surface area contributed by atoms with E-state index in [4.69, 9.17) is 0 Å². The standard InChI is InChI=1S/C19H24O3/c1-2-19-10-16(21)18-13-6-4-12(20)9-11(13)3-5-14(18)15(19)7-8-17(19)22/h3,13-15,18H,2,4-10H2,1H3/t13-,14-,15-,18+,19-/m0/s1. The van der Waals surface area contributed by atoms with Crippen LogP contribution in [0, 0.1) is 29.1 Å². The zero-order valence-corrected chi connectivity index (χ0v) is 13.3. The minimum Gasteiger partial charge on any atom is -0.299 e. The molecule has 3 fully saturated rings. The summed E-state index contributed by atoms with van der Waals surface area (Å²) in [6, 6.07) is 0. The number of carbonyl (C=O) groups is 3. The van der Waals surface area contributed by atoms with Crippen LogP contribution in [0.15, 0.2) is 11.6 Å². The van der Waals surface area contributed by atoms with Crippen LogP contribution in [0.25, 0.3) is 0 Å². The van der Waals surface area contributed by atoms with Gasteiger partial charge in [0.15, 0.2) is 0 Å². The first kappa shape index (κ1) is 14.3. The summed E-state index contributed by atoms with van der Waals surface area (Å²) in [5.41, 5.74) is 0.868. The van der Waals surface area contributed by atoms with Crippen LogP contribution in [0.1, 0.15) is 58.3 Å². The molecule has 0 aromatic heterocycles. The Morgan fingerprint density at radius 3 is 2.77 bits per heavy atom. The van der Waals surface area contributed by atoms with Gasteiger partial charge in [0.25, 0.3) is 0 Å². The van der Waals surface area contributed by atoms with Crippen molar-refractivity contribution in [2.75, 3.05) is 0 Å². The second-order valence-electron chi connectivity index (χ2n) is 7.79. The van der Waals surface area contributed by atoms with Gasteiger partial charge in [-0.2, -0.15) is 0 Å². The molecule has 0 spiro atoms. The van der Waals surface area contributed by atoms with E-state index in [0.29, 0.717) is 54.9 Å². The van der Waals surface area contributed by atoms with Crippen LogP contribution in [0.5, 0.6) is 0 Å². The summed E-state index contributed by atoms with van der Waals surface area (Å²) in [7, 11) is 0. The van der Waals surface area contributed by atoms with Crippen molar-refractivity contribution in [2.24, 2.45) is 29.1 Å². The molecule has 4 aliphatic rings. The maximum Gasteiger partial charge on any atom is 0.139 e. The Bertz CT molecular complexity index is 587. The first-order valence-electron chi connectivity index (χ1n) is 8.83. The molecule has 118 valence electrons. The highest BCUT2D eigenvalue weighted by atomic mass is 16.1. The average molecular weight is 300 g/mol. The molecule has 3 heteroatoms. The topological polar surface area (TPSA) is 51.2 Å². The summed E-state index contributed by atoms with van der Waals surface area (Å²) < 4.78 is 0. The van der Waals surface area contributed by atoms with Crippen LogP contribution < -0.4 is 0 Å². The van der Waals surface area contributed by atoms with Gasteiger partial charge in [0.2, 0.25) is 0 Å². The van der Waals surface area contributed by atoms with E-state index < -0.39 is 0 Å². The van der Waals surface area contributed by atoms with Gasteiger partial charge < -0.3 is 0 Å². The molecule has 0 unspecified atom stereocenters. The minimum atomic E-state index is -0.353. The van der Waals surface area contributed by atoms with Crippen molar-refractivity contribution in [3.05, 3.63) is 11.6 Å². The quantitative estimate of drug-likeness (QED) is 0.698. The fourth-order valence-corrected chi connectivity index (χ4v) is 6.08. The van der Waals surface area contributed by atoms with E-state index >= 15 is 0 Å². The lowest BCUT2D eigenvalue weighted by atomic mass is 9.51. The molecule has 0 heterocycles. The molecule has 0 aromatic carbocycles. The van der Waals surface area contributed by atoms with Gasteiger partial charge in [0.05, 0.1) is 0 Å². The van der Waals surface area contributed by atoms with Gasteiger partial charge in [0.1, 0.15) is 17.3 Å². The third kappa shape index (κ3) is 1.77. The predicted molar refractivity (Wildman–Crippen MR) is 82.1 cm³/mol. The molecule has 0 aromatic rings. The van der Waals surface area contributed by atoms with Crippen molar-refractivity contribution >= 4 is 17.3 Å². The lowest BCUT2D eigenvalue weighted by Crippen LogP contribution is -2.51. The van der Waals surface area contributed by atoms with Crippen molar-refractivity contribution in [2.45, 2.75) is 58.3 Å². The first-order chi connectivity index (χ1) is 10.6. The van der Waals surface area contributed by atoms with Crippen molar-refractivity contribution in [1.82, 2.24) is 0 Å². The lowest BCUT2D eigenvalue weighted by molar-refractivity contribution is -0.147. The molecule has 3 saturated carbocycles. The molecule has 4 aliphatic carbocycles. The molecule has 5 atom stereocenters. The Kier molecular flexibility index (Phi) is 3.18. The molecule has 0 N–H and O–H groups in total. The fourth-order valence-electron chi connectivity index (χ4n) is 6.08. The number of rotatable bonds is 1. The van der Waals surface area contributed by atoms with Crippen LogP contribution in [0.3, 0.4) is 0 Å². The second kappa shape index (κ2) is 4.87. The minimum absolute atomic E-state index is 0.0867. The maximum absolute atomic E-state index is 13.0. The number of hydrogen-bond donors (Lipinski definition) is 0. The molecule has 3 nitrogen and oxygen atoms in total. The van der Waals surface area contributed by atoms with Crippen LogP contribution >= 0.6 is 0 Å². The average Bonchev–Trinajstić information content (AvgIpc) is 2.84. The van der Waals surface area contributed by atoms with E-state index in [2.05, 4.69) is 13.0 Å². The Morgan fingerprint density at radius 1 is 1.18 bits per heavy atom. The predicted octanol–water partition coefficient (Wildman–Crippen LogP) is 3.27. The van der Waals surface area contributed by atoms with Crippen molar-refractivity contribution in [3.63, 3.8) is 0 Å². The molecule has 0 saturated heterocycles. The first-order valence-corrected chi connectivity index (χ1v) is 8.83. The SMILES string of the molecule is CC[C@]12CC(=O)[C@H]3[C@@H](CC=C4CC(=O)CC[C@@H]43)[C@@H]1CCC2=O. The van der Waals surface area contributed by atoms with Crippen LogP contribution in [-0.2, 0) is 14.4 Å². The van der Waals surface area contributed by atoms with Gasteiger partial charge in [-0.1, -0.05) is 18.6 Å². The van der Waals surface area contributed by atoms with E-state index in [9.17, 15) is 14.4 Å².